The molecule has 1 rings (SSSR count). The first-order valence-corrected chi connectivity index (χ1v) is 5.82. The van der Waals surface area contributed by atoms with Gasteiger partial charge >= 0.3 is 0 Å². The fourth-order valence-corrected chi connectivity index (χ4v) is 1.84. The van der Waals surface area contributed by atoms with Crippen LogP contribution >= 0.6 is 0 Å². The van der Waals surface area contributed by atoms with Crippen molar-refractivity contribution in [3.63, 3.8) is 0 Å². The van der Waals surface area contributed by atoms with Crippen LogP contribution in [0, 0.1) is 26.2 Å². The van der Waals surface area contributed by atoms with Crippen molar-refractivity contribution in [1.82, 2.24) is 0 Å². The first-order valence-electron chi connectivity index (χ1n) is 5.82. The molecule has 0 N–H and O–H groups in total. The minimum Gasteiger partial charge on any atom is -0.294 e. The van der Waals surface area contributed by atoms with Crippen LogP contribution < -0.4 is 0 Å². The van der Waals surface area contributed by atoms with Crippen molar-refractivity contribution in [2.24, 2.45) is 5.41 Å². The lowest BCUT2D eigenvalue weighted by Crippen LogP contribution is -2.14. The van der Waals surface area contributed by atoms with E-state index in [0.717, 1.165) is 11.1 Å². The molecule has 0 unspecified atom stereocenters. The maximum atomic E-state index is 12.1. The Bertz CT molecular complexity index is 408. The highest BCUT2D eigenvalue weighted by molar-refractivity contribution is 5.98. The standard InChI is InChI=1S/C15H22O/c1-10-7-12(3)13(8-11(10)2)14(16)9-15(4,5)6/h7-8H,9H2,1-6H3. The van der Waals surface area contributed by atoms with Gasteiger partial charge in [-0.2, -0.15) is 0 Å². The summed E-state index contributed by atoms with van der Waals surface area (Å²) < 4.78 is 0. The predicted molar refractivity (Wildman–Crippen MR) is 69.1 cm³/mol. The zero-order valence-corrected chi connectivity index (χ0v) is 11.3. The second-order valence-electron chi connectivity index (χ2n) is 5.91. The number of hydrogen-bond donors (Lipinski definition) is 0. The van der Waals surface area contributed by atoms with E-state index in [1.807, 2.05) is 13.0 Å². The zero-order chi connectivity index (χ0) is 12.5. The number of hydrogen-bond acceptors (Lipinski definition) is 1. The summed E-state index contributed by atoms with van der Waals surface area (Å²) >= 11 is 0. The van der Waals surface area contributed by atoms with Crippen molar-refractivity contribution in [3.8, 4) is 0 Å². The average Bonchev–Trinajstić information content (AvgIpc) is 2.08. The van der Waals surface area contributed by atoms with Crippen LogP contribution in [0.4, 0.5) is 0 Å². The molecular formula is C15H22O. The van der Waals surface area contributed by atoms with Crippen molar-refractivity contribution >= 4 is 5.78 Å². The van der Waals surface area contributed by atoms with Gasteiger partial charge in [-0.25, -0.2) is 0 Å². The first kappa shape index (κ1) is 13.0. The van der Waals surface area contributed by atoms with E-state index < -0.39 is 0 Å². The van der Waals surface area contributed by atoms with Gasteiger partial charge in [-0.1, -0.05) is 26.8 Å². The predicted octanol–water partition coefficient (Wildman–Crippen LogP) is 4.23. The van der Waals surface area contributed by atoms with Gasteiger partial charge in [0.25, 0.3) is 0 Å². The molecular weight excluding hydrogens is 196 g/mol. The highest BCUT2D eigenvalue weighted by atomic mass is 16.1. The van der Waals surface area contributed by atoms with Crippen LogP contribution in [0.2, 0.25) is 0 Å². The molecule has 0 aromatic heterocycles. The molecule has 1 heteroatoms. The molecule has 0 bridgehead atoms. The number of carbonyl (C=O) groups is 1. The lowest BCUT2D eigenvalue weighted by molar-refractivity contribution is 0.0939. The van der Waals surface area contributed by atoms with E-state index in [1.165, 1.54) is 11.1 Å². The van der Waals surface area contributed by atoms with Crippen LogP contribution in [0.1, 0.15) is 54.2 Å². The van der Waals surface area contributed by atoms with Gasteiger partial charge in [0.1, 0.15) is 0 Å². The Kier molecular flexibility index (Phi) is 3.57. The fraction of sp³-hybridized carbons (Fsp3) is 0.533. The molecule has 0 aliphatic carbocycles. The Balaban J connectivity index is 3.05. The van der Waals surface area contributed by atoms with Gasteiger partial charge in [0.15, 0.2) is 5.78 Å². The fourth-order valence-electron chi connectivity index (χ4n) is 1.84. The molecule has 16 heavy (non-hydrogen) atoms. The van der Waals surface area contributed by atoms with Crippen LogP contribution in [-0.2, 0) is 0 Å². The summed E-state index contributed by atoms with van der Waals surface area (Å²) in [6.45, 7) is 12.5. The topological polar surface area (TPSA) is 17.1 Å². The molecule has 0 aliphatic rings. The summed E-state index contributed by atoms with van der Waals surface area (Å²) in [5.41, 5.74) is 4.49. The molecule has 0 aliphatic heterocycles. The molecule has 0 heterocycles. The minimum absolute atomic E-state index is 0.0579. The van der Waals surface area contributed by atoms with E-state index in [4.69, 9.17) is 0 Å². The summed E-state index contributed by atoms with van der Waals surface area (Å²) in [6.07, 6.45) is 0.607. The Hall–Kier alpha value is -1.11. The van der Waals surface area contributed by atoms with Crippen LogP contribution in [0.5, 0.6) is 0 Å². The maximum Gasteiger partial charge on any atom is 0.163 e. The van der Waals surface area contributed by atoms with Crippen molar-refractivity contribution < 1.29 is 4.79 Å². The molecule has 0 amide bonds. The number of aryl methyl sites for hydroxylation is 3. The molecule has 0 saturated heterocycles. The number of carbonyl (C=O) groups excluding carboxylic acids is 1. The Morgan fingerprint density at radius 2 is 1.50 bits per heavy atom. The van der Waals surface area contributed by atoms with Gasteiger partial charge in [-0.3, -0.25) is 4.79 Å². The van der Waals surface area contributed by atoms with Crippen LogP contribution in [0.25, 0.3) is 0 Å². The zero-order valence-electron chi connectivity index (χ0n) is 11.3. The van der Waals surface area contributed by atoms with Crippen LogP contribution in [0.3, 0.4) is 0 Å². The lowest BCUT2D eigenvalue weighted by Gasteiger charge is -2.18. The van der Waals surface area contributed by atoms with E-state index in [-0.39, 0.29) is 11.2 Å². The molecule has 0 atom stereocenters. The largest absolute Gasteiger partial charge is 0.294 e. The van der Waals surface area contributed by atoms with Gasteiger partial charge in [-0.15, -0.1) is 0 Å². The van der Waals surface area contributed by atoms with E-state index in [9.17, 15) is 4.79 Å². The summed E-state index contributed by atoms with van der Waals surface area (Å²) in [6, 6.07) is 4.13. The average molecular weight is 218 g/mol. The third-order valence-electron chi connectivity index (χ3n) is 2.83. The van der Waals surface area contributed by atoms with Gasteiger partial charge in [-0.05, 0) is 48.9 Å². The molecule has 1 aromatic carbocycles. The third-order valence-corrected chi connectivity index (χ3v) is 2.83. The van der Waals surface area contributed by atoms with Gasteiger partial charge in [0, 0.05) is 12.0 Å². The summed E-state index contributed by atoms with van der Waals surface area (Å²) in [5.74, 6) is 0.258. The van der Waals surface area contributed by atoms with Gasteiger partial charge in [0.05, 0.1) is 0 Å². The highest BCUT2D eigenvalue weighted by Crippen LogP contribution is 2.24. The Labute approximate surface area is 98.9 Å². The molecule has 88 valence electrons. The van der Waals surface area contributed by atoms with E-state index in [2.05, 4.69) is 40.7 Å². The van der Waals surface area contributed by atoms with Crippen molar-refractivity contribution in [2.75, 3.05) is 0 Å². The van der Waals surface area contributed by atoms with Gasteiger partial charge in [0.2, 0.25) is 0 Å². The van der Waals surface area contributed by atoms with Crippen molar-refractivity contribution in [1.29, 1.82) is 0 Å². The smallest absolute Gasteiger partial charge is 0.163 e. The minimum atomic E-state index is 0.0579. The molecule has 0 radical (unpaired) electrons. The second-order valence-corrected chi connectivity index (χ2v) is 5.91. The Morgan fingerprint density at radius 1 is 1.00 bits per heavy atom. The quantitative estimate of drug-likeness (QED) is 0.679. The van der Waals surface area contributed by atoms with Crippen molar-refractivity contribution in [2.45, 2.75) is 48.0 Å². The Morgan fingerprint density at radius 3 is 2.00 bits per heavy atom. The van der Waals surface area contributed by atoms with Gasteiger partial charge < -0.3 is 0 Å². The molecule has 1 nitrogen and oxygen atoms in total. The number of rotatable bonds is 2. The van der Waals surface area contributed by atoms with E-state index in [0.29, 0.717) is 6.42 Å². The summed E-state index contributed by atoms with van der Waals surface area (Å²) in [7, 11) is 0. The van der Waals surface area contributed by atoms with E-state index in [1.54, 1.807) is 0 Å². The monoisotopic (exact) mass is 218 g/mol. The van der Waals surface area contributed by atoms with Crippen molar-refractivity contribution in [3.05, 3.63) is 34.4 Å². The third kappa shape index (κ3) is 3.19. The summed E-state index contributed by atoms with van der Waals surface area (Å²) in [4.78, 5) is 12.1. The molecule has 1 aromatic rings. The number of Topliss-reactive ketones (excluding diaryl/α,β-unsaturated/α-hetero) is 1. The summed E-state index contributed by atoms with van der Waals surface area (Å²) in [5, 5.41) is 0. The lowest BCUT2D eigenvalue weighted by atomic mass is 9.86. The number of ketones is 1. The first-order chi connectivity index (χ1) is 7.20. The SMILES string of the molecule is Cc1cc(C)c(C(=O)CC(C)(C)C)cc1C. The molecule has 0 saturated carbocycles. The maximum absolute atomic E-state index is 12.1. The van der Waals surface area contributed by atoms with E-state index >= 15 is 0 Å². The van der Waals surface area contributed by atoms with Crippen LogP contribution in [0.15, 0.2) is 12.1 Å². The normalized spacial score (nSPS) is 11.6. The molecule has 0 spiro atoms. The second kappa shape index (κ2) is 4.40. The molecule has 0 fully saturated rings. The highest BCUT2D eigenvalue weighted by Gasteiger charge is 2.18. The number of benzene rings is 1. The van der Waals surface area contributed by atoms with Crippen LogP contribution in [-0.4, -0.2) is 5.78 Å².